The largest absolute Gasteiger partial charge is 0.462 e. The van der Waals surface area contributed by atoms with E-state index in [1.165, 1.54) is 43.8 Å². The molecule has 1 aromatic heterocycles. The van der Waals surface area contributed by atoms with Crippen LogP contribution in [-0.4, -0.2) is 77.8 Å². The first-order valence-electron chi connectivity index (χ1n) is 10.4. The van der Waals surface area contributed by atoms with Crippen LogP contribution in [0.4, 0.5) is 0 Å². The minimum absolute atomic E-state index is 0.316. The maximum absolute atomic E-state index is 9.88. The predicted octanol–water partition coefficient (Wildman–Crippen LogP) is 2.98. The summed E-state index contributed by atoms with van der Waals surface area (Å²) in [7, 11) is 2.20. The number of aliphatic hydroxyl groups is 1. The molecule has 160 valence electrons. The highest BCUT2D eigenvalue weighted by Gasteiger charge is 2.32. The Morgan fingerprint density at radius 1 is 1.25 bits per heavy atom. The summed E-state index contributed by atoms with van der Waals surface area (Å²) in [6.45, 7) is 10.8. The van der Waals surface area contributed by atoms with Gasteiger partial charge >= 0.3 is 0 Å². The second-order valence-electron chi connectivity index (χ2n) is 8.90. The van der Waals surface area contributed by atoms with Crippen molar-refractivity contribution >= 4 is 17.8 Å². The number of piperidine rings is 2. The minimum atomic E-state index is -0.318. The molecule has 3 heterocycles. The zero-order chi connectivity index (χ0) is 20.6. The zero-order valence-corrected chi connectivity index (χ0v) is 18.7. The molecule has 0 spiro atoms. The summed E-state index contributed by atoms with van der Waals surface area (Å²) in [5.41, 5.74) is -0.318. The highest BCUT2D eigenvalue weighted by molar-refractivity contribution is 7.09. The van der Waals surface area contributed by atoms with Crippen molar-refractivity contribution in [2.24, 2.45) is 5.92 Å². The number of nitrogens with zero attached hydrogens (tertiary/aromatic N) is 3. The number of rotatable bonds is 5. The lowest BCUT2D eigenvalue weighted by Crippen LogP contribution is -2.49. The Labute approximate surface area is 173 Å². The molecule has 2 saturated heterocycles. The van der Waals surface area contributed by atoms with E-state index in [0.717, 1.165) is 13.1 Å². The third kappa shape index (κ3) is 7.43. The van der Waals surface area contributed by atoms with E-state index < -0.39 is 0 Å². The van der Waals surface area contributed by atoms with Crippen LogP contribution in [0.15, 0.2) is 11.6 Å². The highest BCUT2D eigenvalue weighted by atomic mass is 32.1. The molecule has 3 rings (SSSR count). The lowest BCUT2D eigenvalue weighted by molar-refractivity contribution is -0.138. The second kappa shape index (κ2) is 11.2. The quantitative estimate of drug-likeness (QED) is 0.752. The van der Waals surface area contributed by atoms with Crippen molar-refractivity contribution in [3.63, 3.8) is 0 Å². The Kier molecular flexibility index (Phi) is 9.34. The average Bonchev–Trinajstić information content (AvgIpc) is 3.19. The zero-order valence-electron chi connectivity index (χ0n) is 17.8. The first kappa shape index (κ1) is 23.3. The minimum Gasteiger partial charge on any atom is -0.462 e. The fraction of sp³-hybridized carbons (Fsp3) is 0.810. The van der Waals surface area contributed by atoms with Crippen molar-refractivity contribution in [1.82, 2.24) is 14.8 Å². The van der Waals surface area contributed by atoms with Crippen LogP contribution in [0.5, 0.6) is 0 Å². The van der Waals surface area contributed by atoms with Crippen molar-refractivity contribution in [3.8, 4) is 0 Å². The number of likely N-dealkylation sites (tertiary alicyclic amines) is 2. The highest BCUT2D eigenvalue weighted by Crippen LogP contribution is 2.32. The Morgan fingerprint density at radius 2 is 1.89 bits per heavy atom. The molecule has 0 aromatic carbocycles. The van der Waals surface area contributed by atoms with Gasteiger partial charge in [0.1, 0.15) is 5.60 Å². The molecule has 1 atom stereocenters. The molecule has 6 nitrogen and oxygen atoms in total. The molecule has 0 aliphatic carbocycles. The molecule has 2 aliphatic rings. The first-order chi connectivity index (χ1) is 13.3. The van der Waals surface area contributed by atoms with Gasteiger partial charge in [0.15, 0.2) is 0 Å². The van der Waals surface area contributed by atoms with Crippen molar-refractivity contribution in [1.29, 1.82) is 0 Å². The third-order valence-corrected chi connectivity index (χ3v) is 6.63. The van der Waals surface area contributed by atoms with Crippen LogP contribution in [-0.2, 0) is 9.53 Å². The van der Waals surface area contributed by atoms with E-state index in [2.05, 4.69) is 31.9 Å². The second-order valence-corrected chi connectivity index (χ2v) is 9.82. The van der Waals surface area contributed by atoms with Crippen LogP contribution in [0.1, 0.15) is 57.4 Å². The summed E-state index contributed by atoms with van der Waals surface area (Å²) in [4.78, 5) is 19.0. The Morgan fingerprint density at radius 3 is 2.32 bits per heavy atom. The maximum Gasteiger partial charge on any atom is 0.293 e. The summed E-state index contributed by atoms with van der Waals surface area (Å²) in [6, 6.07) is 0.371. The van der Waals surface area contributed by atoms with Crippen LogP contribution in [0.3, 0.4) is 0 Å². The Hall–Kier alpha value is -1.02. The monoisotopic (exact) mass is 411 g/mol. The van der Waals surface area contributed by atoms with E-state index in [0.29, 0.717) is 31.0 Å². The average molecular weight is 412 g/mol. The van der Waals surface area contributed by atoms with Gasteiger partial charge in [-0.25, -0.2) is 4.98 Å². The molecule has 0 amide bonds. The van der Waals surface area contributed by atoms with Gasteiger partial charge in [-0.05, 0) is 85.6 Å². The summed E-state index contributed by atoms with van der Waals surface area (Å²) < 4.78 is 4.55. The van der Waals surface area contributed by atoms with Gasteiger partial charge in [-0.2, -0.15) is 0 Å². The van der Waals surface area contributed by atoms with Gasteiger partial charge in [-0.3, -0.25) is 9.69 Å². The van der Waals surface area contributed by atoms with E-state index >= 15 is 0 Å². The molecule has 0 bridgehead atoms. The van der Waals surface area contributed by atoms with E-state index in [4.69, 9.17) is 0 Å². The summed E-state index contributed by atoms with van der Waals surface area (Å²) in [5.74, 6) is 1.31. The van der Waals surface area contributed by atoms with Gasteiger partial charge in [0.2, 0.25) is 0 Å². The number of carbonyl (C=O) groups is 1. The topological polar surface area (TPSA) is 65.9 Å². The standard InChI is InChI=1S/C16H27N3OS.C5H10O2/c1-18-7-2-13(3-8-18)15(12-20)19-9-4-14(5-10-19)16-17-6-11-21-16;1-5(2,3)7-4-6/h6,11,13-15,20H,2-5,7-10,12H2,1H3;4H,1-3H3. The number of ether oxygens (including phenoxy) is 1. The lowest BCUT2D eigenvalue weighted by atomic mass is 9.87. The number of hydrogen-bond acceptors (Lipinski definition) is 7. The molecular formula is C21H37N3O3S. The number of hydrogen-bond donors (Lipinski definition) is 1. The van der Waals surface area contributed by atoms with Gasteiger partial charge in [0.05, 0.1) is 11.6 Å². The molecule has 1 unspecified atom stereocenters. The van der Waals surface area contributed by atoms with Gasteiger partial charge in [0, 0.05) is 23.5 Å². The molecule has 28 heavy (non-hydrogen) atoms. The summed E-state index contributed by atoms with van der Waals surface area (Å²) >= 11 is 1.79. The van der Waals surface area contributed by atoms with E-state index in [1.807, 2.05) is 27.0 Å². The molecule has 1 aromatic rings. The SMILES string of the molecule is CC(C)(C)OC=O.CN1CCC(C(CO)N2CCC(c3nccs3)CC2)CC1. The van der Waals surface area contributed by atoms with E-state index in [9.17, 15) is 9.90 Å². The molecular weight excluding hydrogens is 374 g/mol. The van der Waals surface area contributed by atoms with E-state index in [-0.39, 0.29) is 5.60 Å². The fourth-order valence-electron chi connectivity index (χ4n) is 4.03. The third-order valence-electron chi connectivity index (χ3n) is 5.70. The van der Waals surface area contributed by atoms with Crippen molar-refractivity contribution < 1.29 is 14.6 Å². The van der Waals surface area contributed by atoms with Gasteiger partial charge in [-0.15, -0.1) is 11.3 Å². The van der Waals surface area contributed by atoms with Gasteiger partial charge in [-0.1, -0.05) is 0 Å². The number of carbonyl (C=O) groups excluding carboxylic acids is 1. The van der Waals surface area contributed by atoms with Gasteiger partial charge < -0.3 is 14.7 Å². The smallest absolute Gasteiger partial charge is 0.293 e. The number of thiazole rings is 1. The molecule has 0 saturated carbocycles. The van der Waals surface area contributed by atoms with Crippen LogP contribution in [0, 0.1) is 5.92 Å². The number of aliphatic hydroxyl groups excluding tert-OH is 1. The normalized spacial score (nSPS) is 21.6. The predicted molar refractivity (Wildman–Crippen MR) is 114 cm³/mol. The molecule has 7 heteroatoms. The number of aromatic nitrogens is 1. The van der Waals surface area contributed by atoms with Crippen molar-refractivity contribution in [2.75, 3.05) is 39.8 Å². The first-order valence-corrected chi connectivity index (χ1v) is 11.3. The molecule has 1 N–H and O–H groups in total. The summed E-state index contributed by atoms with van der Waals surface area (Å²) in [5, 5.41) is 13.3. The van der Waals surface area contributed by atoms with E-state index in [1.54, 1.807) is 11.3 Å². The van der Waals surface area contributed by atoms with Crippen LogP contribution < -0.4 is 0 Å². The summed E-state index contributed by atoms with van der Waals surface area (Å²) in [6.07, 6.45) is 6.76. The van der Waals surface area contributed by atoms with Crippen LogP contribution >= 0.6 is 11.3 Å². The Balaban J connectivity index is 0.000000345. The fourth-order valence-corrected chi connectivity index (χ4v) is 4.85. The van der Waals surface area contributed by atoms with Crippen molar-refractivity contribution in [2.45, 2.75) is 64.0 Å². The lowest BCUT2D eigenvalue weighted by Gasteiger charge is -2.42. The molecule has 2 fully saturated rings. The molecule has 2 aliphatic heterocycles. The van der Waals surface area contributed by atoms with Crippen LogP contribution in [0.25, 0.3) is 0 Å². The Bertz CT molecular complexity index is 546. The van der Waals surface area contributed by atoms with Crippen LogP contribution in [0.2, 0.25) is 0 Å². The van der Waals surface area contributed by atoms with Gasteiger partial charge in [0.25, 0.3) is 6.47 Å². The van der Waals surface area contributed by atoms with Crippen molar-refractivity contribution in [3.05, 3.63) is 16.6 Å². The molecule has 0 radical (unpaired) electrons. The maximum atomic E-state index is 9.88.